The third-order valence-electron chi connectivity index (χ3n) is 4.37. The maximum Gasteiger partial charge on any atom is 0.270 e. The lowest BCUT2D eigenvalue weighted by molar-refractivity contribution is -0.692. The number of carbonyl (C=O) groups is 1. The fourth-order valence-electron chi connectivity index (χ4n) is 2.85. The van der Waals surface area contributed by atoms with Crippen LogP contribution in [0.2, 0.25) is 0 Å². The molecule has 2 N–H and O–H groups in total. The number of Topliss-reactive ketones (excluding diaryl/α,β-unsaturated/α-hetero) is 1. The third-order valence-corrected chi connectivity index (χ3v) is 4.74. The van der Waals surface area contributed by atoms with Gasteiger partial charge in [-0.3, -0.25) is 4.79 Å². The first-order chi connectivity index (χ1) is 14.0. The van der Waals surface area contributed by atoms with Crippen molar-refractivity contribution in [3.8, 4) is 0 Å². The number of hydrogen-bond acceptors (Lipinski definition) is 3. The van der Waals surface area contributed by atoms with Crippen LogP contribution in [0.1, 0.15) is 27.5 Å². The molecule has 3 rings (SSSR count). The fourth-order valence-corrected chi connectivity index (χ4v) is 3.15. The molecule has 0 aliphatic carbocycles. The molecule has 0 fully saturated rings. The van der Waals surface area contributed by atoms with Crippen molar-refractivity contribution in [1.29, 1.82) is 0 Å². The quantitative estimate of drug-likeness (QED) is 0.355. The van der Waals surface area contributed by atoms with Crippen LogP contribution in [0.5, 0.6) is 0 Å². The predicted octanol–water partition coefficient (Wildman–Crippen LogP) is 3.29. The SMILES string of the molecule is O=C(c1ccc(F)cc1)[C@H](C(=S)NCc1ccc(F)cc1)[n+]1cccc(CO)c1. The lowest BCUT2D eigenvalue weighted by Crippen LogP contribution is -2.51. The van der Waals surface area contributed by atoms with E-state index in [-0.39, 0.29) is 23.2 Å². The molecule has 0 aliphatic rings. The summed E-state index contributed by atoms with van der Waals surface area (Å²) in [5.74, 6) is -1.09. The normalized spacial score (nSPS) is 11.7. The van der Waals surface area contributed by atoms with Crippen molar-refractivity contribution in [2.75, 3.05) is 0 Å². The third kappa shape index (κ3) is 5.28. The first-order valence-electron chi connectivity index (χ1n) is 8.90. The van der Waals surface area contributed by atoms with Gasteiger partial charge in [-0.2, -0.15) is 4.57 Å². The second-order valence-corrected chi connectivity index (χ2v) is 6.88. The Morgan fingerprint density at radius 1 is 1.00 bits per heavy atom. The number of rotatable bonds is 7. The number of aliphatic hydroxyl groups excluding tert-OH is 1. The standard InChI is InChI=1S/C22H18F2N2O2S/c23-18-7-3-15(4-8-18)12-25-22(29)20(26-11-1-2-16(13-26)14-27)21(28)17-5-9-19(24)10-6-17/h1-11,13,20,27H,12,14H2/p+1/t20-/m1/s1. The van der Waals surface area contributed by atoms with E-state index in [2.05, 4.69) is 5.32 Å². The Labute approximate surface area is 172 Å². The molecule has 148 valence electrons. The molecule has 1 heterocycles. The number of thiocarbonyl (C=S) groups is 1. The topological polar surface area (TPSA) is 53.2 Å². The van der Waals surface area contributed by atoms with Gasteiger partial charge in [0.1, 0.15) is 11.6 Å². The van der Waals surface area contributed by atoms with Gasteiger partial charge in [0.2, 0.25) is 5.78 Å². The van der Waals surface area contributed by atoms with Gasteiger partial charge in [-0.15, -0.1) is 0 Å². The van der Waals surface area contributed by atoms with Crippen LogP contribution in [0.3, 0.4) is 0 Å². The summed E-state index contributed by atoms with van der Waals surface area (Å²) in [6.07, 6.45) is 3.31. The van der Waals surface area contributed by atoms with Gasteiger partial charge in [0, 0.05) is 23.7 Å². The monoisotopic (exact) mass is 413 g/mol. The number of halogens is 2. The number of nitrogens with one attached hydrogen (secondary N) is 1. The van der Waals surface area contributed by atoms with Gasteiger partial charge in [0.05, 0.1) is 6.61 Å². The molecule has 0 radical (unpaired) electrons. The number of aliphatic hydroxyl groups is 1. The van der Waals surface area contributed by atoms with Gasteiger partial charge in [-0.25, -0.2) is 8.78 Å². The molecule has 0 saturated carbocycles. The zero-order valence-corrected chi connectivity index (χ0v) is 16.2. The van der Waals surface area contributed by atoms with Crippen molar-refractivity contribution >= 4 is 23.0 Å². The van der Waals surface area contributed by atoms with Crippen LogP contribution in [0, 0.1) is 11.6 Å². The molecular formula is C22H19F2N2O2S+. The van der Waals surface area contributed by atoms with Crippen molar-refractivity contribution in [2.24, 2.45) is 0 Å². The second-order valence-electron chi connectivity index (χ2n) is 6.44. The minimum Gasteiger partial charge on any atom is -0.391 e. The lowest BCUT2D eigenvalue weighted by atomic mass is 10.0. The molecule has 0 aliphatic heterocycles. The second kappa shape index (κ2) is 9.45. The van der Waals surface area contributed by atoms with Crippen molar-refractivity contribution in [2.45, 2.75) is 19.2 Å². The Kier molecular flexibility index (Phi) is 6.74. The van der Waals surface area contributed by atoms with Crippen molar-refractivity contribution < 1.29 is 23.2 Å². The van der Waals surface area contributed by atoms with E-state index in [0.29, 0.717) is 17.7 Å². The maximum absolute atomic E-state index is 13.3. The average Bonchev–Trinajstić information content (AvgIpc) is 2.74. The van der Waals surface area contributed by atoms with E-state index < -0.39 is 11.9 Å². The molecule has 0 amide bonds. The highest BCUT2D eigenvalue weighted by Gasteiger charge is 2.33. The van der Waals surface area contributed by atoms with Crippen LogP contribution in [0.25, 0.3) is 0 Å². The van der Waals surface area contributed by atoms with Gasteiger partial charge in [0.25, 0.3) is 6.04 Å². The van der Waals surface area contributed by atoms with Crippen molar-refractivity contribution in [3.63, 3.8) is 0 Å². The minimum atomic E-state index is -0.887. The minimum absolute atomic E-state index is 0.186. The van der Waals surface area contributed by atoms with Crippen molar-refractivity contribution in [3.05, 3.63) is 101 Å². The van der Waals surface area contributed by atoms with Gasteiger partial charge >= 0.3 is 0 Å². The number of aromatic nitrogens is 1. The highest BCUT2D eigenvalue weighted by atomic mass is 32.1. The lowest BCUT2D eigenvalue weighted by Gasteiger charge is -2.15. The van der Waals surface area contributed by atoms with E-state index in [4.69, 9.17) is 12.2 Å². The van der Waals surface area contributed by atoms with Crippen LogP contribution in [-0.2, 0) is 13.2 Å². The van der Waals surface area contributed by atoms with Gasteiger partial charge in [0.15, 0.2) is 17.4 Å². The first kappa shape index (κ1) is 20.7. The van der Waals surface area contributed by atoms with E-state index in [1.54, 1.807) is 41.2 Å². The fraction of sp³-hybridized carbons (Fsp3) is 0.136. The Morgan fingerprint density at radius 2 is 1.62 bits per heavy atom. The molecule has 1 aromatic heterocycles. The number of benzene rings is 2. The van der Waals surface area contributed by atoms with E-state index in [1.807, 2.05) is 0 Å². The van der Waals surface area contributed by atoms with E-state index in [9.17, 15) is 18.7 Å². The number of carbonyl (C=O) groups excluding carboxylic acids is 1. The Balaban J connectivity index is 1.88. The van der Waals surface area contributed by atoms with E-state index in [0.717, 1.165) is 5.56 Å². The van der Waals surface area contributed by atoms with Crippen LogP contribution >= 0.6 is 12.2 Å². The molecule has 4 nitrogen and oxygen atoms in total. The summed E-state index contributed by atoms with van der Waals surface area (Å²) in [4.78, 5) is 13.4. The number of hydrogen-bond donors (Lipinski definition) is 2. The number of pyridine rings is 1. The molecule has 0 spiro atoms. The van der Waals surface area contributed by atoms with Crippen LogP contribution in [0.15, 0.2) is 73.1 Å². The molecule has 1 atom stereocenters. The summed E-state index contributed by atoms with van der Waals surface area (Å²) in [6, 6.07) is 13.7. The molecule has 7 heteroatoms. The molecule has 3 aromatic rings. The summed E-state index contributed by atoms with van der Waals surface area (Å²) in [5.41, 5.74) is 1.73. The van der Waals surface area contributed by atoms with E-state index in [1.165, 1.54) is 36.4 Å². The van der Waals surface area contributed by atoms with Crippen LogP contribution < -0.4 is 9.88 Å². The Morgan fingerprint density at radius 3 is 2.24 bits per heavy atom. The molecule has 2 aromatic carbocycles. The highest BCUT2D eigenvalue weighted by Crippen LogP contribution is 2.13. The van der Waals surface area contributed by atoms with Gasteiger partial charge < -0.3 is 10.4 Å². The summed E-state index contributed by atoms with van der Waals surface area (Å²) in [6.45, 7) is 0.126. The van der Waals surface area contributed by atoms with Gasteiger partial charge in [-0.1, -0.05) is 24.4 Å². The van der Waals surface area contributed by atoms with E-state index >= 15 is 0 Å². The Hall–Kier alpha value is -3.03. The smallest absolute Gasteiger partial charge is 0.270 e. The van der Waals surface area contributed by atoms with Crippen LogP contribution in [-0.4, -0.2) is 15.9 Å². The number of nitrogens with zero attached hydrogens (tertiary/aromatic N) is 1. The Bertz CT molecular complexity index is 1010. The largest absolute Gasteiger partial charge is 0.391 e. The molecule has 0 saturated heterocycles. The molecule has 0 unspecified atom stereocenters. The maximum atomic E-state index is 13.3. The zero-order valence-electron chi connectivity index (χ0n) is 15.4. The summed E-state index contributed by atoms with van der Waals surface area (Å²) >= 11 is 5.50. The molecule has 0 bridgehead atoms. The summed E-state index contributed by atoms with van der Waals surface area (Å²) in [5, 5.41) is 12.5. The average molecular weight is 413 g/mol. The predicted molar refractivity (Wildman–Crippen MR) is 108 cm³/mol. The summed E-state index contributed by atoms with van der Waals surface area (Å²) < 4.78 is 28.0. The first-order valence-corrected chi connectivity index (χ1v) is 9.31. The molecule has 29 heavy (non-hydrogen) atoms. The zero-order chi connectivity index (χ0) is 20.8. The highest BCUT2D eigenvalue weighted by molar-refractivity contribution is 7.80. The van der Waals surface area contributed by atoms with Gasteiger partial charge in [-0.05, 0) is 48.0 Å². The van der Waals surface area contributed by atoms with Crippen molar-refractivity contribution in [1.82, 2.24) is 5.32 Å². The van der Waals surface area contributed by atoms with Crippen LogP contribution in [0.4, 0.5) is 8.78 Å². The summed E-state index contributed by atoms with van der Waals surface area (Å²) in [7, 11) is 0. The number of ketones is 1. The molecular weight excluding hydrogens is 394 g/mol.